The number of hydrogen-bond donors (Lipinski definition) is 2. The third-order valence-corrected chi connectivity index (χ3v) is 15.0. The fourth-order valence-electron chi connectivity index (χ4n) is 5.59. The van der Waals surface area contributed by atoms with E-state index in [9.17, 15) is 10.2 Å². The lowest BCUT2D eigenvalue weighted by molar-refractivity contribution is -0.255. The van der Waals surface area contributed by atoms with E-state index in [1.165, 1.54) is 11.8 Å². The van der Waals surface area contributed by atoms with Crippen LogP contribution in [0, 0.1) is 0 Å². The molecule has 0 aromatic heterocycles. The molecule has 5 nitrogen and oxygen atoms in total. The fraction of sp³-hybridized carbons (Fsp3) is 0.368. The minimum absolute atomic E-state index is 0.0153. The van der Waals surface area contributed by atoms with Crippen molar-refractivity contribution in [2.45, 2.75) is 85.7 Å². The Morgan fingerprint density at radius 1 is 0.756 bits per heavy atom. The fourth-order valence-corrected chi connectivity index (χ4v) is 8.09. The first-order valence-corrected chi connectivity index (χ1v) is 19.4. The highest BCUT2D eigenvalue weighted by molar-refractivity contribution is 7.99. The van der Waals surface area contributed by atoms with Crippen LogP contribution in [0.25, 0.3) is 0 Å². The van der Waals surface area contributed by atoms with Crippen molar-refractivity contribution in [1.29, 1.82) is 0 Å². The highest BCUT2D eigenvalue weighted by Gasteiger charge is 2.56. The topological polar surface area (TPSA) is 68.2 Å². The van der Waals surface area contributed by atoms with Crippen LogP contribution in [-0.4, -0.2) is 54.5 Å². The molecule has 1 aliphatic heterocycles. The van der Waals surface area contributed by atoms with Gasteiger partial charge < -0.3 is 24.1 Å². The summed E-state index contributed by atoms with van der Waals surface area (Å²) in [5.41, 5.74) is -0.375. The van der Waals surface area contributed by atoms with Crippen molar-refractivity contribution in [2.75, 3.05) is 6.61 Å². The summed E-state index contributed by atoms with van der Waals surface area (Å²) in [6, 6.07) is 40.4. The number of thioether (sulfide) groups is 1. The minimum atomic E-state index is -2.35. The zero-order valence-electron chi connectivity index (χ0n) is 27.1. The number of rotatable bonds is 10. The van der Waals surface area contributed by atoms with Gasteiger partial charge in [0.25, 0.3) is 0 Å². The Morgan fingerprint density at radius 3 is 1.60 bits per heavy atom. The molecule has 0 spiro atoms. The van der Waals surface area contributed by atoms with Gasteiger partial charge in [0.15, 0.2) is 8.32 Å². The van der Waals surface area contributed by atoms with Crippen molar-refractivity contribution >= 4 is 20.1 Å². The predicted molar refractivity (Wildman–Crippen MR) is 185 cm³/mol. The van der Waals surface area contributed by atoms with Crippen LogP contribution in [-0.2, 0) is 19.5 Å². The quantitative estimate of drug-likeness (QED) is 0.135. The molecular formula is C38H46O5SSi. The summed E-state index contributed by atoms with van der Waals surface area (Å²) in [5.74, 6) is 0. The molecule has 0 unspecified atom stereocenters. The van der Waals surface area contributed by atoms with E-state index in [0.29, 0.717) is 0 Å². The van der Waals surface area contributed by atoms with E-state index in [-0.39, 0.29) is 11.6 Å². The van der Waals surface area contributed by atoms with Crippen LogP contribution in [0.1, 0.15) is 44.4 Å². The lowest BCUT2D eigenvalue weighted by Gasteiger charge is -2.51. The minimum Gasteiger partial charge on any atom is -0.408 e. The van der Waals surface area contributed by atoms with Gasteiger partial charge in [-0.3, -0.25) is 0 Å². The van der Waals surface area contributed by atoms with E-state index < -0.39 is 43.3 Å². The molecule has 45 heavy (non-hydrogen) atoms. The summed E-state index contributed by atoms with van der Waals surface area (Å²) in [6.07, 6.45) is -2.82. The van der Waals surface area contributed by atoms with E-state index in [1.807, 2.05) is 84.9 Å². The maximum Gasteiger partial charge on any atom is 0.192 e. The first kappa shape index (κ1) is 33.6. The van der Waals surface area contributed by atoms with Gasteiger partial charge in [-0.25, -0.2) is 0 Å². The van der Waals surface area contributed by atoms with Crippen molar-refractivity contribution in [1.82, 2.24) is 0 Å². The molecule has 1 fully saturated rings. The van der Waals surface area contributed by atoms with Crippen LogP contribution in [0.3, 0.4) is 0 Å². The maximum atomic E-state index is 12.0. The SMILES string of the molecule is CC(C)(C)[Si](C)(C)O[C@@H]1[C@@H](O)[C@](C)(O)[C@@H](COC(c2ccccc2)(c2ccccc2)c2ccccc2)O[C@H]1Sc1ccccc1. The molecule has 0 amide bonds. The van der Waals surface area contributed by atoms with E-state index in [4.69, 9.17) is 13.9 Å². The number of hydrogen-bond acceptors (Lipinski definition) is 6. The maximum absolute atomic E-state index is 12.0. The normalized spacial score (nSPS) is 24.4. The van der Waals surface area contributed by atoms with Crippen molar-refractivity contribution in [2.24, 2.45) is 0 Å². The molecule has 0 bridgehead atoms. The summed E-state index contributed by atoms with van der Waals surface area (Å²) in [5, 5.41) is 23.9. The second-order valence-electron chi connectivity index (χ2n) is 13.5. The second-order valence-corrected chi connectivity index (χ2v) is 19.5. The highest BCUT2D eigenvalue weighted by atomic mass is 32.2. The summed E-state index contributed by atoms with van der Waals surface area (Å²) >= 11 is 1.50. The molecule has 1 saturated heterocycles. The first-order chi connectivity index (χ1) is 21.4. The summed E-state index contributed by atoms with van der Waals surface area (Å²) in [6.45, 7) is 12.5. The van der Waals surface area contributed by atoms with Crippen LogP contribution < -0.4 is 0 Å². The van der Waals surface area contributed by atoms with Gasteiger partial charge >= 0.3 is 0 Å². The van der Waals surface area contributed by atoms with E-state index >= 15 is 0 Å². The Hall–Kier alpha value is -2.75. The predicted octanol–water partition coefficient (Wildman–Crippen LogP) is 8.01. The van der Waals surface area contributed by atoms with Gasteiger partial charge in [-0.1, -0.05) is 142 Å². The molecule has 0 saturated carbocycles. The van der Waals surface area contributed by atoms with E-state index in [1.54, 1.807) is 6.92 Å². The van der Waals surface area contributed by atoms with Gasteiger partial charge in [0.2, 0.25) is 0 Å². The molecule has 238 valence electrons. The van der Waals surface area contributed by atoms with Gasteiger partial charge in [-0.05, 0) is 53.9 Å². The van der Waals surface area contributed by atoms with Crippen molar-refractivity contribution in [3.8, 4) is 0 Å². The molecule has 7 heteroatoms. The lowest BCUT2D eigenvalue weighted by Crippen LogP contribution is -2.67. The van der Waals surface area contributed by atoms with E-state index in [0.717, 1.165) is 21.6 Å². The monoisotopic (exact) mass is 642 g/mol. The largest absolute Gasteiger partial charge is 0.408 e. The van der Waals surface area contributed by atoms with Crippen molar-refractivity contribution in [3.63, 3.8) is 0 Å². The van der Waals surface area contributed by atoms with Crippen LogP contribution in [0.4, 0.5) is 0 Å². The van der Waals surface area contributed by atoms with Gasteiger partial charge in [0.05, 0.1) is 6.61 Å². The zero-order chi connectivity index (χ0) is 32.3. The summed E-state index contributed by atoms with van der Waals surface area (Å²) in [7, 11) is -2.35. The van der Waals surface area contributed by atoms with Crippen LogP contribution in [0.15, 0.2) is 126 Å². The van der Waals surface area contributed by atoms with Gasteiger partial charge in [0.1, 0.15) is 34.9 Å². The Kier molecular flexibility index (Phi) is 10.1. The molecule has 0 radical (unpaired) electrons. The Balaban J connectivity index is 1.54. The van der Waals surface area contributed by atoms with Gasteiger partial charge in [-0.2, -0.15) is 0 Å². The molecular weight excluding hydrogens is 597 g/mol. The van der Waals surface area contributed by atoms with Crippen LogP contribution in [0.5, 0.6) is 0 Å². The third kappa shape index (κ3) is 7.00. The first-order valence-electron chi connectivity index (χ1n) is 15.6. The van der Waals surface area contributed by atoms with Crippen molar-refractivity contribution in [3.05, 3.63) is 138 Å². The number of ether oxygens (including phenoxy) is 2. The standard InChI is InChI=1S/C38H46O5SSi/c1-36(2,3)45(5,6)43-33-34(39)37(4,40)32(42-35(33)44-31-25-17-10-18-26-31)27-41-38(28-19-11-7-12-20-28,29-21-13-8-14-22-29)30-23-15-9-16-24-30/h7-26,32-35,39-40H,27H2,1-6H3/t32-,33-,34-,35+,37-/m1/s1. The van der Waals surface area contributed by atoms with Crippen LogP contribution >= 0.6 is 11.8 Å². The van der Waals surface area contributed by atoms with Crippen LogP contribution in [0.2, 0.25) is 18.1 Å². The average molecular weight is 643 g/mol. The lowest BCUT2D eigenvalue weighted by atomic mass is 9.79. The third-order valence-electron chi connectivity index (χ3n) is 9.35. The smallest absolute Gasteiger partial charge is 0.192 e. The summed E-state index contributed by atoms with van der Waals surface area (Å²) < 4.78 is 20.7. The summed E-state index contributed by atoms with van der Waals surface area (Å²) in [4.78, 5) is 0.993. The zero-order valence-corrected chi connectivity index (χ0v) is 28.9. The molecule has 2 N–H and O–H groups in total. The Labute approximate surface area is 273 Å². The Bertz CT molecular complexity index is 1400. The average Bonchev–Trinajstić information content (AvgIpc) is 3.03. The molecule has 1 aliphatic rings. The van der Waals surface area contributed by atoms with E-state index in [2.05, 4.69) is 70.3 Å². The molecule has 4 aromatic carbocycles. The number of benzene rings is 4. The molecule has 1 heterocycles. The molecule has 5 atom stereocenters. The van der Waals surface area contributed by atoms with Gasteiger partial charge in [-0.15, -0.1) is 0 Å². The molecule has 0 aliphatic carbocycles. The Morgan fingerprint density at radius 2 is 1.18 bits per heavy atom. The van der Waals surface area contributed by atoms with Gasteiger partial charge in [0, 0.05) is 4.90 Å². The molecule has 4 aromatic rings. The number of aliphatic hydroxyl groups is 2. The second kappa shape index (κ2) is 13.5. The van der Waals surface area contributed by atoms with Crippen molar-refractivity contribution < 1.29 is 24.1 Å². The number of aliphatic hydroxyl groups excluding tert-OH is 1. The molecule has 5 rings (SSSR count). The highest BCUT2D eigenvalue weighted by Crippen LogP contribution is 2.46.